The SMILES string of the molecule is COC(=O)/C=C\c1ccc(N2CCC[C@H](CO)C2)c([N+](=O)[O-])c1. The van der Waals surface area contributed by atoms with E-state index in [0.717, 1.165) is 19.4 Å². The fraction of sp³-hybridized carbons (Fsp3) is 0.438. The highest BCUT2D eigenvalue weighted by Gasteiger charge is 2.25. The minimum atomic E-state index is -0.515. The Balaban J connectivity index is 2.28. The molecule has 0 radical (unpaired) electrons. The number of piperidine rings is 1. The van der Waals surface area contributed by atoms with Crippen LogP contribution in [0.2, 0.25) is 0 Å². The van der Waals surface area contributed by atoms with Gasteiger partial charge in [-0.15, -0.1) is 0 Å². The van der Waals surface area contributed by atoms with E-state index in [1.807, 2.05) is 4.90 Å². The third kappa shape index (κ3) is 4.29. The van der Waals surface area contributed by atoms with E-state index in [1.54, 1.807) is 12.1 Å². The van der Waals surface area contributed by atoms with Gasteiger partial charge < -0.3 is 14.7 Å². The highest BCUT2D eigenvalue weighted by Crippen LogP contribution is 2.32. The standard InChI is InChI=1S/C16H20N2O5/c1-23-16(20)7-5-12-4-6-14(15(9-12)18(21)22)17-8-2-3-13(10-17)11-19/h4-7,9,13,19H,2-3,8,10-11H2,1H3/b7-5-/t13-/m0/s1. The van der Waals surface area contributed by atoms with E-state index in [9.17, 15) is 20.0 Å². The predicted octanol–water partition coefficient (Wildman–Crippen LogP) is 1.99. The molecule has 7 heteroatoms. The largest absolute Gasteiger partial charge is 0.466 e. The number of hydrogen-bond acceptors (Lipinski definition) is 6. The first-order chi connectivity index (χ1) is 11.0. The Morgan fingerprint density at radius 1 is 1.57 bits per heavy atom. The average molecular weight is 320 g/mol. The van der Waals surface area contributed by atoms with Gasteiger partial charge in [0.2, 0.25) is 0 Å². The number of methoxy groups -OCH3 is 1. The quantitative estimate of drug-likeness (QED) is 0.386. The second kappa shape index (κ2) is 7.73. The minimum Gasteiger partial charge on any atom is -0.466 e. The highest BCUT2D eigenvalue weighted by molar-refractivity contribution is 5.87. The summed E-state index contributed by atoms with van der Waals surface area (Å²) in [5, 5.41) is 20.7. The normalized spacial score (nSPS) is 18.2. The second-order valence-electron chi connectivity index (χ2n) is 5.50. The number of anilines is 1. The number of carbonyl (C=O) groups is 1. The van der Waals surface area contributed by atoms with E-state index in [1.165, 1.54) is 25.3 Å². The zero-order valence-electron chi connectivity index (χ0n) is 13.0. The molecule has 1 heterocycles. The van der Waals surface area contributed by atoms with Crippen molar-refractivity contribution in [1.29, 1.82) is 0 Å². The van der Waals surface area contributed by atoms with Crippen LogP contribution in [0.15, 0.2) is 24.3 Å². The van der Waals surface area contributed by atoms with Crippen molar-refractivity contribution < 1.29 is 19.6 Å². The number of ether oxygens (including phenoxy) is 1. The zero-order valence-corrected chi connectivity index (χ0v) is 13.0. The van der Waals surface area contributed by atoms with Crippen molar-refractivity contribution in [3.05, 3.63) is 40.0 Å². The molecule has 0 aliphatic carbocycles. The first-order valence-corrected chi connectivity index (χ1v) is 7.45. The predicted molar refractivity (Wildman–Crippen MR) is 86.2 cm³/mol. The molecule has 0 spiro atoms. The van der Waals surface area contributed by atoms with Crippen molar-refractivity contribution in [2.45, 2.75) is 12.8 Å². The molecule has 1 aromatic rings. The Kier molecular flexibility index (Phi) is 5.70. The van der Waals surface area contributed by atoms with E-state index in [0.29, 0.717) is 17.8 Å². The average Bonchev–Trinajstić information content (AvgIpc) is 2.59. The Hall–Kier alpha value is -2.41. The van der Waals surface area contributed by atoms with Crippen LogP contribution in [0, 0.1) is 16.0 Å². The lowest BCUT2D eigenvalue weighted by Crippen LogP contribution is -2.37. The van der Waals surface area contributed by atoms with Crippen molar-refractivity contribution in [2.24, 2.45) is 5.92 Å². The zero-order chi connectivity index (χ0) is 16.8. The van der Waals surface area contributed by atoms with Gasteiger partial charge in [-0.25, -0.2) is 4.79 Å². The van der Waals surface area contributed by atoms with Crippen LogP contribution in [0.5, 0.6) is 0 Å². The topological polar surface area (TPSA) is 92.9 Å². The van der Waals surface area contributed by atoms with Crippen LogP contribution in [0.1, 0.15) is 18.4 Å². The number of aliphatic hydroxyl groups excluding tert-OH is 1. The summed E-state index contributed by atoms with van der Waals surface area (Å²) in [5.41, 5.74) is 1.10. The third-order valence-corrected chi connectivity index (χ3v) is 3.93. The van der Waals surface area contributed by atoms with Crippen LogP contribution in [0.25, 0.3) is 6.08 Å². The van der Waals surface area contributed by atoms with Crippen molar-refractivity contribution in [1.82, 2.24) is 0 Å². The van der Waals surface area contributed by atoms with E-state index >= 15 is 0 Å². The number of aliphatic hydroxyl groups is 1. The lowest BCUT2D eigenvalue weighted by atomic mass is 9.98. The Morgan fingerprint density at radius 3 is 3.00 bits per heavy atom. The van der Waals surface area contributed by atoms with Crippen LogP contribution in [-0.2, 0) is 9.53 Å². The molecule has 7 nitrogen and oxygen atoms in total. The number of nitro groups is 1. The highest BCUT2D eigenvalue weighted by atomic mass is 16.6. The number of nitrogens with zero attached hydrogens (tertiary/aromatic N) is 2. The molecule has 1 aliphatic heterocycles. The van der Waals surface area contributed by atoms with Gasteiger partial charge in [-0.1, -0.05) is 6.07 Å². The molecule has 0 saturated carbocycles. The summed E-state index contributed by atoms with van der Waals surface area (Å²) in [6, 6.07) is 4.86. The summed E-state index contributed by atoms with van der Waals surface area (Å²) >= 11 is 0. The molecule has 1 saturated heterocycles. The molecule has 0 unspecified atom stereocenters. The molecule has 0 aromatic heterocycles. The van der Waals surface area contributed by atoms with Crippen molar-refractivity contribution in [3.8, 4) is 0 Å². The lowest BCUT2D eigenvalue weighted by molar-refractivity contribution is -0.384. The third-order valence-electron chi connectivity index (χ3n) is 3.93. The fourth-order valence-corrected chi connectivity index (χ4v) is 2.72. The summed E-state index contributed by atoms with van der Waals surface area (Å²) in [4.78, 5) is 24.0. The lowest BCUT2D eigenvalue weighted by Gasteiger charge is -2.33. The Labute approximate surface area is 134 Å². The van der Waals surface area contributed by atoms with Gasteiger partial charge in [0.25, 0.3) is 5.69 Å². The molecular weight excluding hydrogens is 300 g/mol. The number of hydrogen-bond donors (Lipinski definition) is 1. The summed E-state index contributed by atoms with van der Waals surface area (Å²) in [7, 11) is 1.27. The molecule has 0 bridgehead atoms. The van der Waals surface area contributed by atoms with Crippen molar-refractivity contribution in [3.63, 3.8) is 0 Å². The molecule has 23 heavy (non-hydrogen) atoms. The van der Waals surface area contributed by atoms with Gasteiger partial charge in [0, 0.05) is 31.8 Å². The van der Waals surface area contributed by atoms with Gasteiger partial charge in [0.1, 0.15) is 5.69 Å². The number of rotatable bonds is 5. The van der Waals surface area contributed by atoms with Crippen LogP contribution in [-0.4, -0.2) is 42.8 Å². The van der Waals surface area contributed by atoms with Gasteiger partial charge in [-0.3, -0.25) is 10.1 Å². The molecular formula is C16H20N2O5. The molecule has 0 amide bonds. The molecule has 1 N–H and O–H groups in total. The summed E-state index contributed by atoms with van der Waals surface area (Å²) in [6.07, 6.45) is 4.53. The summed E-state index contributed by atoms with van der Waals surface area (Å²) < 4.78 is 4.50. The van der Waals surface area contributed by atoms with Gasteiger partial charge in [0.05, 0.1) is 12.0 Å². The van der Waals surface area contributed by atoms with E-state index in [-0.39, 0.29) is 18.2 Å². The van der Waals surface area contributed by atoms with Gasteiger partial charge in [-0.2, -0.15) is 0 Å². The molecule has 1 fully saturated rings. The second-order valence-corrected chi connectivity index (χ2v) is 5.50. The molecule has 1 atom stereocenters. The van der Waals surface area contributed by atoms with E-state index in [4.69, 9.17) is 0 Å². The van der Waals surface area contributed by atoms with E-state index < -0.39 is 10.9 Å². The summed E-state index contributed by atoms with van der Waals surface area (Å²) in [6.45, 7) is 1.42. The van der Waals surface area contributed by atoms with Crippen molar-refractivity contribution >= 4 is 23.4 Å². The molecule has 124 valence electrons. The Morgan fingerprint density at radius 2 is 2.35 bits per heavy atom. The van der Waals surface area contributed by atoms with Crippen LogP contribution >= 0.6 is 0 Å². The van der Waals surface area contributed by atoms with Gasteiger partial charge >= 0.3 is 5.97 Å². The fourth-order valence-electron chi connectivity index (χ4n) is 2.72. The van der Waals surface area contributed by atoms with E-state index in [2.05, 4.69) is 4.74 Å². The maximum absolute atomic E-state index is 11.4. The minimum absolute atomic E-state index is 0.00407. The molecule has 1 aliphatic rings. The maximum Gasteiger partial charge on any atom is 0.330 e. The number of benzene rings is 1. The van der Waals surface area contributed by atoms with Crippen molar-refractivity contribution in [2.75, 3.05) is 31.7 Å². The smallest absolute Gasteiger partial charge is 0.330 e. The first kappa shape index (κ1) is 17.0. The molecule has 2 rings (SSSR count). The van der Waals surface area contributed by atoms with Gasteiger partial charge in [-0.05, 0) is 36.5 Å². The molecule has 1 aromatic carbocycles. The number of esters is 1. The number of nitro benzene ring substituents is 1. The maximum atomic E-state index is 11.4. The van der Waals surface area contributed by atoms with Crippen LogP contribution in [0.3, 0.4) is 0 Å². The summed E-state index contributed by atoms with van der Waals surface area (Å²) in [5.74, 6) is -0.374. The van der Waals surface area contributed by atoms with Crippen LogP contribution in [0.4, 0.5) is 11.4 Å². The monoisotopic (exact) mass is 320 g/mol. The number of carbonyl (C=O) groups excluding carboxylic acids is 1. The van der Waals surface area contributed by atoms with Gasteiger partial charge in [0.15, 0.2) is 0 Å². The first-order valence-electron chi connectivity index (χ1n) is 7.45. The van der Waals surface area contributed by atoms with Crippen LogP contribution < -0.4 is 4.90 Å². The Bertz CT molecular complexity index is 614.